The number of aromatic nitrogens is 2. The summed E-state index contributed by atoms with van der Waals surface area (Å²) < 4.78 is 39.6. The molecule has 1 atom stereocenters. The van der Waals surface area contributed by atoms with Gasteiger partial charge in [-0.3, -0.25) is 9.36 Å². The molecule has 0 saturated heterocycles. The first-order valence-corrected chi connectivity index (χ1v) is 6.95. The lowest BCUT2D eigenvalue weighted by atomic mass is 9.94. The Labute approximate surface area is 131 Å². The van der Waals surface area contributed by atoms with Crippen LogP contribution < -0.4 is 5.56 Å². The minimum absolute atomic E-state index is 0.0810. The minimum atomic E-state index is -4.50. The van der Waals surface area contributed by atoms with Crippen LogP contribution in [0.3, 0.4) is 0 Å². The molecule has 0 spiro atoms. The van der Waals surface area contributed by atoms with Crippen LogP contribution in [0.5, 0.6) is 0 Å². The quantitative estimate of drug-likeness (QED) is 0.944. The standard InChI is InChI=1S/C16H17F3N2O2/c1-10-11(2)20-9-21(14(10)22)8-15(3,23)12-5-4-6-13(7-12)16(17,18)19/h4-7,9,23H,8H2,1-3H3/t15-/m0/s1. The van der Waals surface area contributed by atoms with Gasteiger partial charge < -0.3 is 5.11 Å². The van der Waals surface area contributed by atoms with Crippen LogP contribution in [0.25, 0.3) is 0 Å². The van der Waals surface area contributed by atoms with Gasteiger partial charge in [0, 0.05) is 11.3 Å². The number of aryl methyl sites for hydroxylation is 1. The van der Waals surface area contributed by atoms with Crippen LogP contribution in [0.15, 0.2) is 35.4 Å². The molecule has 1 N–H and O–H groups in total. The summed E-state index contributed by atoms with van der Waals surface area (Å²) in [6.07, 6.45) is -3.21. The molecule has 2 rings (SSSR count). The van der Waals surface area contributed by atoms with Gasteiger partial charge in [0.05, 0.1) is 18.4 Å². The Morgan fingerprint density at radius 1 is 1.22 bits per heavy atom. The first-order valence-electron chi connectivity index (χ1n) is 6.95. The monoisotopic (exact) mass is 326 g/mol. The number of benzene rings is 1. The Morgan fingerprint density at radius 3 is 2.43 bits per heavy atom. The number of hydrogen-bond acceptors (Lipinski definition) is 3. The average molecular weight is 326 g/mol. The molecule has 4 nitrogen and oxygen atoms in total. The van der Waals surface area contributed by atoms with Gasteiger partial charge in [0.25, 0.3) is 5.56 Å². The van der Waals surface area contributed by atoms with Gasteiger partial charge in [-0.05, 0) is 38.5 Å². The molecule has 0 aliphatic heterocycles. The van der Waals surface area contributed by atoms with E-state index >= 15 is 0 Å². The maximum atomic E-state index is 12.8. The molecule has 1 aromatic heterocycles. The smallest absolute Gasteiger partial charge is 0.384 e. The molecule has 2 aromatic rings. The van der Waals surface area contributed by atoms with E-state index in [0.717, 1.165) is 12.1 Å². The predicted octanol–water partition coefficient (Wildman–Crippen LogP) is 2.79. The fourth-order valence-electron chi connectivity index (χ4n) is 2.24. The zero-order chi connectivity index (χ0) is 17.4. The molecule has 1 aromatic carbocycles. The van der Waals surface area contributed by atoms with Crippen molar-refractivity contribution in [2.75, 3.05) is 0 Å². The number of hydrogen-bond donors (Lipinski definition) is 1. The van der Waals surface area contributed by atoms with E-state index in [2.05, 4.69) is 4.98 Å². The largest absolute Gasteiger partial charge is 0.416 e. The van der Waals surface area contributed by atoms with Crippen LogP contribution >= 0.6 is 0 Å². The average Bonchev–Trinajstić information content (AvgIpc) is 2.47. The third kappa shape index (κ3) is 3.61. The molecular weight excluding hydrogens is 309 g/mol. The fourth-order valence-corrected chi connectivity index (χ4v) is 2.24. The Hall–Kier alpha value is -2.15. The highest BCUT2D eigenvalue weighted by Gasteiger charge is 2.33. The number of aliphatic hydroxyl groups is 1. The van der Waals surface area contributed by atoms with Gasteiger partial charge in [0.2, 0.25) is 0 Å². The van der Waals surface area contributed by atoms with Crippen LogP contribution in [0, 0.1) is 13.8 Å². The van der Waals surface area contributed by atoms with Gasteiger partial charge in [0.1, 0.15) is 5.60 Å². The second-order valence-electron chi connectivity index (χ2n) is 5.74. The summed E-state index contributed by atoms with van der Waals surface area (Å²) >= 11 is 0. The molecule has 0 aliphatic rings. The summed E-state index contributed by atoms with van der Waals surface area (Å²) in [5, 5.41) is 10.6. The van der Waals surface area contributed by atoms with E-state index < -0.39 is 17.3 Å². The molecule has 0 bridgehead atoms. The van der Waals surface area contributed by atoms with Gasteiger partial charge in [-0.2, -0.15) is 13.2 Å². The zero-order valence-electron chi connectivity index (χ0n) is 13.0. The van der Waals surface area contributed by atoms with Crippen molar-refractivity contribution in [1.29, 1.82) is 0 Å². The van der Waals surface area contributed by atoms with Crippen LogP contribution in [0.1, 0.15) is 29.3 Å². The van der Waals surface area contributed by atoms with Crippen molar-refractivity contribution in [3.63, 3.8) is 0 Å². The van der Waals surface area contributed by atoms with Crippen LogP contribution in [0.4, 0.5) is 13.2 Å². The minimum Gasteiger partial charge on any atom is -0.384 e. The van der Waals surface area contributed by atoms with Gasteiger partial charge in [-0.25, -0.2) is 4.98 Å². The Morgan fingerprint density at radius 2 is 1.83 bits per heavy atom. The van der Waals surface area contributed by atoms with Crippen LogP contribution in [-0.4, -0.2) is 14.7 Å². The van der Waals surface area contributed by atoms with Crippen molar-refractivity contribution >= 4 is 0 Å². The van der Waals surface area contributed by atoms with Gasteiger partial charge in [0.15, 0.2) is 0 Å². The van der Waals surface area contributed by atoms with Crippen molar-refractivity contribution in [3.8, 4) is 0 Å². The Kier molecular flexibility index (Phi) is 4.34. The number of halogens is 3. The van der Waals surface area contributed by atoms with Crippen molar-refractivity contribution in [1.82, 2.24) is 9.55 Å². The third-order valence-electron chi connectivity index (χ3n) is 3.81. The lowest BCUT2D eigenvalue weighted by molar-refractivity contribution is -0.137. The molecule has 1 heterocycles. The van der Waals surface area contributed by atoms with E-state index in [4.69, 9.17) is 0 Å². The second-order valence-corrected chi connectivity index (χ2v) is 5.74. The van der Waals surface area contributed by atoms with Crippen molar-refractivity contribution in [2.24, 2.45) is 0 Å². The highest BCUT2D eigenvalue weighted by Crippen LogP contribution is 2.32. The molecule has 7 heteroatoms. The number of nitrogens with zero attached hydrogens (tertiary/aromatic N) is 2. The van der Waals surface area contributed by atoms with Crippen LogP contribution in [-0.2, 0) is 18.3 Å². The summed E-state index contributed by atoms with van der Waals surface area (Å²) in [4.78, 5) is 16.2. The zero-order valence-corrected chi connectivity index (χ0v) is 13.0. The molecule has 0 amide bonds. The highest BCUT2D eigenvalue weighted by molar-refractivity contribution is 5.29. The summed E-state index contributed by atoms with van der Waals surface area (Å²) in [7, 11) is 0. The third-order valence-corrected chi connectivity index (χ3v) is 3.81. The predicted molar refractivity (Wildman–Crippen MR) is 79.0 cm³/mol. The maximum absolute atomic E-state index is 12.8. The molecule has 0 saturated carbocycles. The van der Waals surface area contributed by atoms with Gasteiger partial charge in [-0.15, -0.1) is 0 Å². The molecule has 124 valence electrons. The number of rotatable bonds is 3. The lowest BCUT2D eigenvalue weighted by Gasteiger charge is -2.25. The maximum Gasteiger partial charge on any atom is 0.416 e. The number of alkyl halides is 3. The molecule has 0 radical (unpaired) electrons. The fraction of sp³-hybridized carbons (Fsp3) is 0.375. The summed E-state index contributed by atoms with van der Waals surface area (Å²) in [6.45, 7) is 4.47. The van der Waals surface area contributed by atoms with E-state index in [1.807, 2.05) is 0 Å². The molecule has 0 unspecified atom stereocenters. The summed E-state index contributed by atoms with van der Waals surface area (Å²) in [5.74, 6) is 0. The van der Waals surface area contributed by atoms with Gasteiger partial charge in [-0.1, -0.05) is 12.1 Å². The first kappa shape index (κ1) is 17.2. The lowest BCUT2D eigenvalue weighted by Crippen LogP contribution is -2.34. The normalized spacial score (nSPS) is 14.6. The Balaban J connectivity index is 2.40. The van der Waals surface area contributed by atoms with E-state index in [1.165, 1.54) is 30.0 Å². The van der Waals surface area contributed by atoms with Crippen molar-refractivity contribution in [3.05, 3.63) is 63.3 Å². The molecular formula is C16H17F3N2O2. The SMILES string of the molecule is Cc1ncn(C[C@](C)(O)c2cccc(C(F)(F)F)c2)c(=O)c1C. The summed E-state index contributed by atoms with van der Waals surface area (Å²) in [5.41, 5.74) is -1.73. The van der Waals surface area contributed by atoms with Gasteiger partial charge >= 0.3 is 6.18 Å². The highest BCUT2D eigenvalue weighted by atomic mass is 19.4. The first-order chi connectivity index (χ1) is 10.5. The summed E-state index contributed by atoms with van der Waals surface area (Å²) in [6, 6.07) is 4.45. The molecule has 23 heavy (non-hydrogen) atoms. The van der Waals surface area contributed by atoms with E-state index in [1.54, 1.807) is 13.8 Å². The topological polar surface area (TPSA) is 55.1 Å². The second kappa shape index (κ2) is 5.81. The Bertz CT molecular complexity index is 780. The van der Waals surface area contributed by atoms with E-state index in [9.17, 15) is 23.1 Å². The molecule has 0 fully saturated rings. The van der Waals surface area contributed by atoms with E-state index in [-0.39, 0.29) is 17.7 Å². The molecule has 0 aliphatic carbocycles. The van der Waals surface area contributed by atoms with Crippen molar-refractivity contribution < 1.29 is 18.3 Å². The van der Waals surface area contributed by atoms with E-state index in [0.29, 0.717) is 11.3 Å². The van der Waals surface area contributed by atoms with Crippen LogP contribution in [0.2, 0.25) is 0 Å². The van der Waals surface area contributed by atoms with Crippen molar-refractivity contribution in [2.45, 2.75) is 39.1 Å².